The molecule has 0 atom stereocenters. The second-order valence-corrected chi connectivity index (χ2v) is 10.3. The number of rotatable bonds is 3. The predicted octanol–water partition coefficient (Wildman–Crippen LogP) is 6.64. The van der Waals surface area contributed by atoms with Crippen LogP contribution in [0.3, 0.4) is 0 Å². The standard InChI is InChI=1S/C32H23N7.Pt/c1-32(2,26-14-7-15-28(36-26)39-23-12-5-3-9-20(23)19-34-39)27-17-16-25-30(37-27)29-21(10-8-18-33-29)31-35-22-11-4-6-13-24(22)38(25)31;/h3-19H,1-2H3;. The molecule has 6 aromatic heterocycles. The number of pyridine rings is 4. The number of hydrogen-bond donors (Lipinski definition) is 0. The van der Waals surface area contributed by atoms with Crippen LogP contribution in [0.5, 0.6) is 0 Å². The number of hydrogen-bond acceptors (Lipinski definition) is 5. The third kappa shape index (κ3) is 3.51. The van der Waals surface area contributed by atoms with Crippen LogP contribution in [0.4, 0.5) is 0 Å². The smallest absolute Gasteiger partial charge is 0.154 e. The van der Waals surface area contributed by atoms with Gasteiger partial charge in [-0.15, -0.1) is 0 Å². The van der Waals surface area contributed by atoms with Crippen molar-refractivity contribution < 1.29 is 21.1 Å². The maximum atomic E-state index is 5.26. The quantitative estimate of drug-likeness (QED) is 0.193. The number of benzene rings is 2. The Morgan fingerprint density at radius 2 is 1.45 bits per heavy atom. The fourth-order valence-electron chi connectivity index (χ4n) is 5.55. The summed E-state index contributed by atoms with van der Waals surface area (Å²) in [6.45, 7) is 4.32. The Morgan fingerprint density at radius 3 is 2.35 bits per heavy atom. The molecule has 0 unspecified atom stereocenters. The van der Waals surface area contributed by atoms with Crippen LogP contribution < -0.4 is 0 Å². The zero-order valence-corrected chi connectivity index (χ0v) is 24.0. The summed E-state index contributed by atoms with van der Waals surface area (Å²) in [5.74, 6) is 0.779. The molecule has 0 N–H and O–H groups in total. The van der Waals surface area contributed by atoms with Crippen LogP contribution in [0, 0.1) is 0 Å². The summed E-state index contributed by atoms with van der Waals surface area (Å²) >= 11 is 0. The van der Waals surface area contributed by atoms with E-state index < -0.39 is 5.41 Å². The van der Waals surface area contributed by atoms with Crippen molar-refractivity contribution >= 4 is 49.5 Å². The minimum Gasteiger partial charge on any atom is -0.290 e. The fraction of sp³-hybridized carbons (Fsp3) is 0.0938. The summed E-state index contributed by atoms with van der Waals surface area (Å²) in [5.41, 5.74) is 7.95. The van der Waals surface area contributed by atoms with Crippen molar-refractivity contribution in [1.82, 2.24) is 34.1 Å². The van der Waals surface area contributed by atoms with Crippen molar-refractivity contribution in [2.45, 2.75) is 19.3 Å². The summed E-state index contributed by atoms with van der Waals surface area (Å²) in [4.78, 5) is 20.0. The van der Waals surface area contributed by atoms with E-state index in [-0.39, 0.29) is 21.1 Å². The Morgan fingerprint density at radius 1 is 0.650 bits per heavy atom. The maximum absolute atomic E-state index is 5.26. The zero-order valence-electron chi connectivity index (χ0n) is 21.8. The molecule has 8 rings (SSSR count). The van der Waals surface area contributed by atoms with E-state index in [1.165, 1.54) is 0 Å². The Labute approximate surface area is 243 Å². The fourth-order valence-corrected chi connectivity index (χ4v) is 5.55. The average molecular weight is 701 g/mol. The van der Waals surface area contributed by atoms with Crippen LogP contribution in [0.25, 0.3) is 55.3 Å². The molecule has 0 fully saturated rings. The first-order valence-corrected chi connectivity index (χ1v) is 13.0. The van der Waals surface area contributed by atoms with Gasteiger partial charge in [-0.1, -0.05) is 36.4 Å². The van der Waals surface area contributed by atoms with Crippen molar-refractivity contribution in [2.75, 3.05) is 0 Å². The molecule has 8 heteroatoms. The molecular weight excluding hydrogens is 677 g/mol. The van der Waals surface area contributed by atoms with Crippen LogP contribution in [0.2, 0.25) is 0 Å². The molecule has 0 aliphatic heterocycles. The first-order chi connectivity index (χ1) is 19.1. The molecule has 40 heavy (non-hydrogen) atoms. The molecule has 0 aliphatic carbocycles. The van der Waals surface area contributed by atoms with Gasteiger partial charge in [0.05, 0.1) is 39.7 Å². The van der Waals surface area contributed by atoms with E-state index >= 15 is 0 Å². The van der Waals surface area contributed by atoms with Gasteiger partial charge in [0.15, 0.2) is 5.82 Å². The van der Waals surface area contributed by atoms with Crippen molar-refractivity contribution in [3.05, 3.63) is 115 Å². The van der Waals surface area contributed by atoms with Gasteiger partial charge in [-0.25, -0.2) is 19.6 Å². The van der Waals surface area contributed by atoms with Crippen LogP contribution in [0.1, 0.15) is 25.2 Å². The molecule has 6 heterocycles. The summed E-state index contributed by atoms with van der Waals surface area (Å²) in [5, 5.41) is 6.67. The molecule has 8 aromatic rings. The van der Waals surface area contributed by atoms with Gasteiger partial charge in [0, 0.05) is 43.4 Å². The Balaban J connectivity index is 0.00000264. The van der Waals surface area contributed by atoms with E-state index in [0.29, 0.717) is 0 Å². The third-order valence-corrected chi connectivity index (χ3v) is 7.66. The summed E-state index contributed by atoms with van der Waals surface area (Å²) in [6.07, 6.45) is 3.69. The van der Waals surface area contributed by atoms with Crippen molar-refractivity contribution in [1.29, 1.82) is 0 Å². The number of nitrogens with zero attached hydrogens (tertiary/aromatic N) is 7. The van der Waals surface area contributed by atoms with E-state index in [2.05, 4.69) is 65.8 Å². The van der Waals surface area contributed by atoms with Gasteiger partial charge in [-0.3, -0.25) is 9.38 Å². The summed E-state index contributed by atoms with van der Waals surface area (Å²) < 4.78 is 4.08. The van der Waals surface area contributed by atoms with Gasteiger partial charge in [-0.05, 0) is 68.4 Å². The van der Waals surface area contributed by atoms with Crippen LogP contribution >= 0.6 is 0 Å². The Bertz CT molecular complexity index is 2230. The van der Waals surface area contributed by atoms with E-state index in [1.807, 2.05) is 65.6 Å². The van der Waals surface area contributed by atoms with E-state index in [1.54, 1.807) is 0 Å². The van der Waals surface area contributed by atoms with Crippen molar-refractivity contribution in [2.24, 2.45) is 0 Å². The topological polar surface area (TPSA) is 73.8 Å². The van der Waals surface area contributed by atoms with Gasteiger partial charge < -0.3 is 0 Å². The summed E-state index contributed by atoms with van der Waals surface area (Å²) in [7, 11) is 0. The minimum absolute atomic E-state index is 0. The van der Waals surface area contributed by atoms with Gasteiger partial charge in [0.2, 0.25) is 0 Å². The normalized spacial score (nSPS) is 12.1. The Hall–Kier alpha value is -4.48. The molecular formula is C32H23N7Pt. The van der Waals surface area contributed by atoms with Crippen LogP contribution in [-0.4, -0.2) is 34.1 Å². The number of aromatic nitrogens is 7. The number of para-hydroxylation sites is 3. The van der Waals surface area contributed by atoms with Crippen LogP contribution in [-0.2, 0) is 26.5 Å². The molecule has 2 aromatic carbocycles. The minimum atomic E-state index is -0.472. The molecule has 196 valence electrons. The van der Waals surface area contributed by atoms with E-state index in [4.69, 9.17) is 19.9 Å². The van der Waals surface area contributed by atoms with E-state index in [0.717, 1.165) is 66.7 Å². The van der Waals surface area contributed by atoms with Gasteiger partial charge in [0.25, 0.3) is 0 Å². The van der Waals surface area contributed by atoms with E-state index in [9.17, 15) is 0 Å². The monoisotopic (exact) mass is 700 g/mol. The number of fused-ring (bicyclic) bond motifs is 9. The van der Waals surface area contributed by atoms with Gasteiger partial charge >= 0.3 is 0 Å². The van der Waals surface area contributed by atoms with Crippen LogP contribution in [0.15, 0.2) is 103 Å². The molecule has 0 bridgehead atoms. The number of imidazole rings is 1. The molecule has 0 aliphatic rings. The molecule has 0 saturated heterocycles. The molecule has 0 saturated carbocycles. The molecule has 0 radical (unpaired) electrons. The van der Waals surface area contributed by atoms with Crippen molar-refractivity contribution in [3.63, 3.8) is 0 Å². The Kier molecular flexibility index (Phi) is 5.54. The second-order valence-electron chi connectivity index (χ2n) is 10.3. The second kappa shape index (κ2) is 9.03. The zero-order chi connectivity index (χ0) is 26.1. The van der Waals surface area contributed by atoms with Crippen molar-refractivity contribution in [3.8, 4) is 5.82 Å². The first-order valence-electron chi connectivity index (χ1n) is 13.0. The largest absolute Gasteiger partial charge is 0.290 e. The predicted molar refractivity (Wildman–Crippen MR) is 154 cm³/mol. The SMILES string of the molecule is CC(C)(c1cccc(-n2ncc3ccccc32)n1)c1ccc2c(n1)c1ncccc1c1nc3ccccc3n21.[Pt]. The molecule has 0 spiro atoms. The molecule has 0 amide bonds. The average Bonchev–Trinajstić information content (AvgIpc) is 3.59. The van der Waals surface area contributed by atoms with Gasteiger partial charge in [-0.2, -0.15) is 5.10 Å². The summed E-state index contributed by atoms with van der Waals surface area (Å²) in [6, 6.07) is 30.7. The first kappa shape index (κ1) is 24.6. The van der Waals surface area contributed by atoms with Gasteiger partial charge in [0.1, 0.15) is 16.7 Å². The maximum Gasteiger partial charge on any atom is 0.154 e. The third-order valence-electron chi connectivity index (χ3n) is 7.66. The molecule has 7 nitrogen and oxygen atoms in total.